The van der Waals surface area contributed by atoms with Crippen molar-refractivity contribution in [3.05, 3.63) is 34.4 Å². The molecular formula is C14H22NO8PS. The predicted octanol–water partition coefficient (Wildman–Crippen LogP) is 4.04. The van der Waals surface area contributed by atoms with Crippen LogP contribution >= 0.6 is 7.82 Å². The van der Waals surface area contributed by atoms with E-state index in [2.05, 4.69) is 0 Å². The van der Waals surface area contributed by atoms with E-state index in [4.69, 9.17) is 13.0 Å². The monoisotopic (exact) mass is 395 g/mol. The molecule has 0 aliphatic rings. The third-order valence-corrected chi connectivity index (χ3v) is 6.23. The van der Waals surface area contributed by atoms with E-state index in [9.17, 15) is 23.1 Å². The van der Waals surface area contributed by atoms with E-state index < -0.39 is 44.6 Å². The van der Waals surface area contributed by atoms with Crippen LogP contribution < -0.4 is 0 Å². The Morgan fingerprint density at radius 1 is 1.00 bits per heavy atom. The van der Waals surface area contributed by atoms with E-state index in [0.717, 1.165) is 12.1 Å². The van der Waals surface area contributed by atoms with Gasteiger partial charge in [0.2, 0.25) is 0 Å². The molecule has 0 saturated carbocycles. The summed E-state index contributed by atoms with van der Waals surface area (Å²) in [6.45, 7) is 9.21. The average Bonchev–Trinajstić information content (AvgIpc) is 2.32. The van der Waals surface area contributed by atoms with Gasteiger partial charge in [0.15, 0.2) is 4.90 Å². The van der Waals surface area contributed by atoms with Crippen LogP contribution in [0.25, 0.3) is 0 Å². The van der Waals surface area contributed by atoms with E-state index in [1.54, 1.807) is 0 Å². The van der Waals surface area contributed by atoms with Crippen molar-refractivity contribution in [2.45, 2.75) is 57.6 Å². The molecule has 0 saturated heterocycles. The smallest absolute Gasteiger partial charge is 0.280 e. The van der Waals surface area contributed by atoms with Gasteiger partial charge in [-0.3, -0.25) is 19.2 Å². The lowest BCUT2D eigenvalue weighted by molar-refractivity contribution is -0.387. The maximum Gasteiger partial charge on any atom is 0.490 e. The molecule has 1 aromatic rings. The molecule has 0 atom stereocenters. The van der Waals surface area contributed by atoms with E-state index in [-0.39, 0.29) is 0 Å². The lowest BCUT2D eigenvalue weighted by atomic mass is 10.2. The van der Waals surface area contributed by atoms with Crippen LogP contribution in [0.5, 0.6) is 0 Å². The summed E-state index contributed by atoms with van der Waals surface area (Å²) >= 11 is 0. The minimum absolute atomic E-state index is 0.708. The normalized spacial score (nSPS) is 13.7. The number of nitro groups is 1. The SMILES string of the molecule is CC(C)(C)OP(=O)(OC(C)(C)C)OS(=O)(=O)c1ccccc1[N+](=O)[O-]. The molecule has 1 rings (SSSR count). The first-order valence-electron chi connectivity index (χ1n) is 7.26. The number of rotatable bonds is 6. The number of nitrogens with zero attached hydrogens (tertiary/aromatic N) is 1. The van der Waals surface area contributed by atoms with Gasteiger partial charge >= 0.3 is 17.9 Å². The Bertz CT molecular complexity index is 772. The van der Waals surface area contributed by atoms with E-state index >= 15 is 0 Å². The molecule has 0 amide bonds. The minimum atomic E-state index is -4.79. The van der Waals surface area contributed by atoms with Crippen molar-refractivity contribution in [2.24, 2.45) is 0 Å². The Morgan fingerprint density at radius 2 is 1.44 bits per heavy atom. The lowest BCUT2D eigenvalue weighted by Gasteiger charge is -2.30. The summed E-state index contributed by atoms with van der Waals surface area (Å²) in [6, 6.07) is 4.56. The standard InChI is InChI=1S/C14H22NO8PS/c1-13(2,3)21-24(18,22-14(4,5)6)23-25(19,20)12-10-8-7-9-11(12)15(16)17/h7-10H,1-6H3. The predicted molar refractivity (Wildman–Crippen MR) is 90.6 cm³/mol. The molecule has 11 heteroatoms. The van der Waals surface area contributed by atoms with Gasteiger partial charge < -0.3 is 0 Å². The molecule has 0 spiro atoms. The topological polar surface area (TPSA) is 122 Å². The fraction of sp³-hybridized carbons (Fsp3) is 0.571. The number of hydrogen-bond donors (Lipinski definition) is 0. The first-order chi connectivity index (χ1) is 11.0. The molecule has 0 bridgehead atoms. The van der Waals surface area contributed by atoms with Crippen LogP contribution in [0.1, 0.15) is 41.5 Å². The van der Waals surface area contributed by atoms with Crippen molar-refractivity contribution in [3.8, 4) is 0 Å². The Balaban J connectivity index is 3.37. The third kappa shape index (κ3) is 6.83. The average molecular weight is 395 g/mol. The fourth-order valence-corrected chi connectivity index (χ4v) is 5.25. The van der Waals surface area contributed by atoms with Gasteiger partial charge in [-0.1, -0.05) is 12.1 Å². The van der Waals surface area contributed by atoms with Crippen molar-refractivity contribution < 1.29 is 30.9 Å². The zero-order valence-corrected chi connectivity index (χ0v) is 16.6. The van der Waals surface area contributed by atoms with Crippen molar-refractivity contribution in [2.75, 3.05) is 0 Å². The van der Waals surface area contributed by atoms with E-state index in [1.807, 2.05) is 0 Å². The Morgan fingerprint density at radius 3 is 1.84 bits per heavy atom. The Kier molecular flexibility index (Phi) is 6.19. The summed E-state index contributed by atoms with van der Waals surface area (Å²) in [5.74, 6) is 0. The first kappa shape index (κ1) is 21.7. The summed E-state index contributed by atoms with van der Waals surface area (Å²) < 4.78 is 53.0. The van der Waals surface area contributed by atoms with Gasteiger partial charge in [-0.05, 0) is 47.6 Å². The number of benzene rings is 1. The Hall–Kier alpha value is -1.32. The molecule has 0 unspecified atom stereocenters. The number of phosphoric acid groups is 1. The molecule has 1 aromatic carbocycles. The molecule has 0 aromatic heterocycles. The Labute approximate surface area is 147 Å². The van der Waals surface area contributed by atoms with Crippen LogP contribution in [0.15, 0.2) is 29.2 Å². The van der Waals surface area contributed by atoms with Crippen molar-refractivity contribution in [3.63, 3.8) is 0 Å². The van der Waals surface area contributed by atoms with Gasteiger partial charge in [0.25, 0.3) is 5.69 Å². The van der Waals surface area contributed by atoms with Crippen LogP contribution in [0.2, 0.25) is 0 Å². The molecule has 0 aliphatic carbocycles. The lowest BCUT2D eigenvalue weighted by Crippen LogP contribution is -2.25. The summed E-state index contributed by atoms with van der Waals surface area (Å²) in [5, 5.41) is 11.0. The molecule has 0 aliphatic heterocycles. The van der Waals surface area contributed by atoms with Gasteiger partial charge in [-0.15, -0.1) is 0 Å². The summed E-state index contributed by atoms with van der Waals surface area (Å²) in [6.07, 6.45) is 0. The second-order valence-electron chi connectivity index (χ2n) is 7.11. The largest absolute Gasteiger partial charge is 0.490 e. The molecule has 9 nitrogen and oxygen atoms in total. The number of para-hydroxylation sites is 1. The second-order valence-corrected chi connectivity index (χ2v) is 10.3. The minimum Gasteiger partial charge on any atom is -0.280 e. The number of phosphoric ester groups is 1. The van der Waals surface area contributed by atoms with E-state index in [1.165, 1.54) is 53.7 Å². The number of nitro benzene ring substituents is 1. The quantitative estimate of drug-likeness (QED) is 0.402. The van der Waals surface area contributed by atoms with Crippen molar-refractivity contribution >= 4 is 23.6 Å². The zero-order valence-electron chi connectivity index (χ0n) is 14.9. The van der Waals surface area contributed by atoms with Gasteiger partial charge in [0, 0.05) is 6.07 Å². The van der Waals surface area contributed by atoms with Gasteiger partial charge in [0.05, 0.1) is 16.1 Å². The van der Waals surface area contributed by atoms with Crippen LogP contribution in [-0.4, -0.2) is 24.5 Å². The van der Waals surface area contributed by atoms with E-state index in [0.29, 0.717) is 0 Å². The summed E-state index contributed by atoms with van der Waals surface area (Å²) in [7, 11) is -9.40. The van der Waals surface area contributed by atoms with Crippen LogP contribution in [0.3, 0.4) is 0 Å². The molecule has 142 valence electrons. The first-order valence-corrected chi connectivity index (χ1v) is 10.1. The molecule has 25 heavy (non-hydrogen) atoms. The maximum atomic E-state index is 12.9. The van der Waals surface area contributed by atoms with Gasteiger partial charge in [0.1, 0.15) is 0 Å². The highest BCUT2D eigenvalue weighted by molar-refractivity contribution is 7.90. The third-order valence-electron chi connectivity index (χ3n) is 2.29. The number of hydrogen-bond acceptors (Lipinski definition) is 8. The maximum absolute atomic E-state index is 12.9. The molecule has 0 radical (unpaired) electrons. The molecule has 0 heterocycles. The second kappa shape index (κ2) is 7.13. The van der Waals surface area contributed by atoms with Crippen LogP contribution in [0.4, 0.5) is 5.69 Å². The highest BCUT2D eigenvalue weighted by atomic mass is 32.2. The molecule has 0 N–H and O–H groups in total. The zero-order chi connectivity index (χ0) is 19.7. The van der Waals surface area contributed by atoms with Crippen molar-refractivity contribution in [1.82, 2.24) is 0 Å². The summed E-state index contributed by atoms with van der Waals surface area (Å²) in [5.41, 5.74) is -2.82. The summed E-state index contributed by atoms with van der Waals surface area (Å²) in [4.78, 5) is 9.43. The fourth-order valence-electron chi connectivity index (χ4n) is 1.70. The van der Waals surface area contributed by atoms with Crippen LogP contribution in [0, 0.1) is 10.1 Å². The van der Waals surface area contributed by atoms with Crippen LogP contribution in [-0.2, 0) is 27.7 Å². The highest BCUT2D eigenvalue weighted by Gasteiger charge is 2.43. The molecule has 0 fully saturated rings. The van der Waals surface area contributed by atoms with Gasteiger partial charge in [-0.2, -0.15) is 12.4 Å². The van der Waals surface area contributed by atoms with Gasteiger partial charge in [-0.25, -0.2) is 4.57 Å². The molecular weight excluding hydrogens is 373 g/mol. The highest BCUT2D eigenvalue weighted by Crippen LogP contribution is 2.57. The van der Waals surface area contributed by atoms with Crippen molar-refractivity contribution in [1.29, 1.82) is 0 Å².